The maximum absolute atomic E-state index is 13.1. The van der Waals surface area contributed by atoms with Gasteiger partial charge in [0, 0.05) is 23.7 Å². The molecule has 1 fully saturated rings. The third-order valence-electron chi connectivity index (χ3n) is 6.47. The maximum atomic E-state index is 13.1. The lowest BCUT2D eigenvalue weighted by molar-refractivity contribution is -0.143. The van der Waals surface area contributed by atoms with Crippen LogP contribution in [0, 0.1) is 0 Å². The topological polar surface area (TPSA) is 69.6 Å². The van der Waals surface area contributed by atoms with E-state index < -0.39 is 47.1 Å². The van der Waals surface area contributed by atoms with Gasteiger partial charge in [-0.25, -0.2) is 4.79 Å². The number of alkyl halides is 6. The van der Waals surface area contributed by atoms with Crippen molar-refractivity contribution in [3.05, 3.63) is 81.4 Å². The molecule has 0 spiro atoms. The van der Waals surface area contributed by atoms with Crippen LogP contribution in [-0.2, 0) is 18.8 Å². The van der Waals surface area contributed by atoms with E-state index in [1.54, 1.807) is 44.2 Å². The Hall–Kier alpha value is -3.21. The van der Waals surface area contributed by atoms with Crippen molar-refractivity contribution in [2.75, 3.05) is 7.05 Å². The average Bonchev–Trinajstić information content (AvgIpc) is 2.88. The third kappa shape index (κ3) is 11.3. The molecule has 12 heteroatoms. The fourth-order valence-corrected chi connectivity index (χ4v) is 4.53. The van der Waals surface area contributed by atoms with Crippen molar-refractivity contribution < 1.29 is 41.0 Å². The van der Waals surface area contributed by atoms with Crippen LogP contribution in [0.25, 0.3) is 0 Å². The molecule has 2 aromatic carbocycles. The Labute approximate surface area is 240 Å². The van der Waals surface area contributed by atoms with Crippen molar-refractivity contribution in [1.82, 2.24) is 10.2 Å². The fraction of sp³-hybridized carbons (Fsp3) is 0.448. The molecule has 0 aliphatic heterocycles. The first-order valence-corrected chi connectivity index (χ1v) is 13.3. The monoisotopic (exact) mass is 606 g/mol. The van der Waals surface area contributed by atoms with Gasteiger partial charge in [-0.3, -0.25) is 4.79 Å². The number of likely N-dealkylation sites (N-methyl/N-ethyl adjacent to an activating group) is 1. The number of allylic oxidation sites excluding steroid dienone is 1. The number of amides is 2. The molecular formula is C29H33ClF6N2O3. The summed E-state index contributed by atoms with van der Waals surface area (Å²) in [5.74, 6) is -0.951. The van der Waals surface area contributed by atoms with E-state index >= 15 is 0 Å². The van der Waals surface area contributed by atoms with Crippen LogP contribution in [0.1, 0.15) is 73.0 Å². The van der Waals surface area contributed by atoms with Gasteiger partial charge >= 0.3 is 18.4 Å². The van der Waals surface area contributed by atoms with E-state index in [1.165, 1.54) is 26.3 Å². The highest BCUT2D eigenvalue weighted by Gasteiger charge is 2.38. The summed E-state index contributed by atoms with van der Waals surface area (Å²) in [4.78, 5) is 24.2. The van der Waals surface area contributed by atoms with Gasteiger partial charge in [-0.1, -0.05) is 54.6 Å². The summed E-state index contributed by atoms with van der Waals surface area (Å²) >= 11 is 5.87. The SMILES string of the molecule is CC(C)=CC(Cc1ccc(Cl)cc1)N(C)C(=O)c1cc(C(F)(F)F)cc(C(F)(F)F)c1.O=C(O)NC1CCCCC1. The lowest BCUT2D eigenvalue weighted by Crippen LogP contribution is -2.37. The fourth-order valence-electron chi connectivity index (χ4n) is 4.41. The van der Waals surface area contributed by atoms with Crippen LogP contribution < -0.4 is 5.32 Å². The quantitative estimate of drug-likeness (QED) is 0.255. The Morgan fingerprint density at radius 3 is 1.93 bits per heavy atom. The molecule has 5 nitrogen and oxygen atoms in total. The van der Waals surface area contributed by atoms with Crippen LogP contribution in [0.4, 0.5) is 31.1 Å². The van der Waals surface area contributed by atoms with Gasteiger partial charge in [0.2, 0.25) is 0 Å². The Kier molecular flexibility index (Phi) is 12.1. The number of carbonyl (C=O) groups excluding carboxylic acids is 1. The van der Waals surface area contributed by atoms with E-state index in [-0.39, 0.29) is 12.1 Å². The lowest BCUT2D eigenvalue weighted by atomic mass is 9.96. The standard InChI is InChI=1S/C22H20ClF6NO.C7H13NO2/c1-13(2)8-19(9-14-4-6-18(23)7-5-14)30(3)20(31)15-10-16(21(24,25)26)12-17(11-15)22(27,28)29;9-7(10)8-6-4-2-1-3-5-6/h4-8,10-12,19H,9H2,1-3H3;6,8H,1-5H2,(H,9,10). The molecule has 0 aromatic heterocycles. The number of hydrogen-bond acceptors (Lipinski definition) is 2. The average molecular weight is 607 g/mol. The number of rotatable bonds is 6. The van der Waals surface area contributed by atoms with Gasteiger partial charge in [-0.15, -0.1) is 0 Å². The molecular weight excluding hydrogens is 574 g/mol. The third-order valence-corrected chi connectivity index (χ3v) is 6.72. The Balaban J connectivity index is 0.000000493. The van der Waals surface area contributed by atoms with Crippen molar-refractivity contribution in [2.24, 2.45) is 0 Å². The minimum Gasteiger partial charge on any atom is -0.465 e. The van der Waals surface area contributed by atoms with Crippen LogP contribution >= 0.6 is 11.6 Å². The van der Waals surface area contributed by atoms with E-state index in [1.807, 2.05) is 0 Å². The van der Waals surface area contributed by atoms with Crippen molar-refractivity contribution in [3.8, 4) is 0 Å². The Morgan fingerprint density at radius 2 is 1.49 bits per heavy atom. The summed E-state index contributed by atoms with van der Waals surface area (Å²) in [5, 5.41) is 11.4. The van der Waals surface area contributed by atoms with Gasteiger partial charge in [0.15, 0.2) is 0 Å². The van der Waals surface area contributed by atoms with Crippen molar-refractivity contribution >= 4 is 23.6 Å². The molecule has 41 heavy (non-hydrogen) atoms. The second-order valence-electron chi connectivity index (χ2n) is 10.1. The zero-order chi connectivity index (χ0) is 31.0. The maximum Gasteiger partial charge on any atom is 0.416 e. The van der Waals surface area contributed by atoms with Crippen molar-refractivity contribution in [1.29, 1.82) is 0 Å². The number of nitrogens with one attached hydrogen (secondary N) is 1. The predicted molar refractivity (Wildman–Crippen MR) is 145 cm³/mol. The lowest BCUT2D eigenvalue weighted by Gasteiger charge is -2.27. The molecule has 0 heterocycles. The van der Waals surface area contributed by atoms with Crippen LogP contribution in [-0.4, -0.2) is 41.1 Å². The van der Waals surface area contributed by atoms with Gasteiger partial charge in [-0.05, 0) is 69.0 Å². The second-order valence-corrected chi connectivity index (χ2v) is 10.6. The first-order valence-electron chi connectivity index (χ1n) is 12.9. The minimum atomic E-state index is -5.03. The Bertz CT molecular complexity index is 1170. The first-order chi connectivity index (χ1) is 19.0. The van der Waals surface area contributed by atoms with Crippen LogP contribution in [0.2, 0.25) is 5.02 Å². The second kappa shape index (κ2) is 14.6. The molecule has 1 aliphatic carbocycles. The van der Waals surface area contributed by atoms with Crippen molar-refractivity contribution in [2.45, 2.75) is 76.8 Å². The van der Waals surface area contributed by atoms with Gasteiger partial charge in [-0.2, -0.15) is 26.3 Å². The largest absolute Gasteiger partial charge is 0.465 e. The van der Waals surface area contributed by atoms with Crippen molar-refractivity contribution in [3.63, 3.8) is 0 Å². The molecule has 1 saturated carbocycles. The summed E-state index contributed by atoms with van der Waals surface area (Å²) in [5.41, 5.74) is -2.12. The zero-order valence-electron chi connectivity index (χ0n) is 22.9. The molecule has 0 radical (unpaired) electrons. The van der Waals surface area contributed by atoms with Gasteiger partial charge < -0.3 is 15.3 Å². The number of halogens is 7. The number of nitrogens with zero attached hydrogens (tertiary/aromatic N) is 1. The number of benzene rings is 2. The van der Waals surface area contributed by atoms with E-state index in [0.29, 0.717) is 23.6 Å². The van der Waals surface area contributed by atoms with Crippen LogP contribution in [0.15, 0.2) is 54.1 Å². The number of carboxylic acid groups (broad SMARTS) is 1. The molecule has 2 aromatic rings. The summed E-state index contributed by atoms with van der Waals surface area (Å²) in [6.07, 6.45) is -3.27. The van der Waals surface area contributed by atoms with Gasteiger partial charge in [0.1, 0.15) is 0 Å². The highest BCUT2D eigenvalue weighted by Crippen LogP contribution is 2.36. The molecule has 1 aliphatic rings. The van der Waals surface area contributed by atoms with E-state index in [9.17, 15) is 35.9 Å². The van der Waals surface area contributed by atoms with Crippen LogP contribution in [0.5, 0.6) is 0 Å². The smallest absolute Gasteiger partial charge is 0.416 e. The molecule has 1 unspecified atom stereocenters. The molecule has 2 amide bonds. The number of carbonyl (C=O) groups is 2. The Morgan fingerprint density at radius 1 is 0.976 bits per heavy atom. The molecule has 2 N–H and O–H groups in total. The molecule has 226 valence electrons. The normalized spacial score (nSPS) is 14.8. The van der Waals surface area contributed by atoms with Gasteiger partial charge in [0.25, 0.3) is 5.91 Å². The van der Waals surface area contributed by atoms with E-state index in [4.69, 9.17) is 16.7 Å². The molecule has 1 atom stereocenters. The highest BCUT2D eigenvalue weighted by atomic mass is 35.5. The minimum absolute atomic E-state index is 0.00192. The zero-order valence-corrected chi connectivity index (χ0v) is 23.6. The highest BCUT2D eigenvalue weighted by molar-refractivity contribution is 6.30. The summed E-state index contributed by atoms with van der Waals surface area (Å²) < 4.78 is 78.8. The van der Waals surface area contributed by atoms with E-state index in [0.717, 1.165) is 28.9 Å². The summed E-state index contributed by atoms with van der Waals surface area (Å²) in [7, 11) is 1.34. The molecule has 0 saturated heterocycles. The molecule has 3 rings (SSSR count). The van der Waals surface area contributed by atoms with Gasteiger partial charge in [0.05, 0.1) is 17.2 Å². The number of hydrogen-bond donors (Lipinski definition) is 2. The van der Waals surface area contributed by atoms with Crippen LogP contribution in [0.3, 0.4) is 0 Å². The summed E-state index contributed by atoms with van der Waals surface area (Å²) in [6, 6.07) is 7.29. The summed E-state index contributed by atoms with van der Waals surface area (Å²) in [6.45, 7) is 3.55. The predicted octanol–water partition coefficient (Wildman–Crippen LogP) is 8.61. The van der Waals surface area contributed by atoms with E-state index in [2.05, 4.69) is 5.32 Å². The molecule has 0 bridgehead atoms. The first kappa shape index (κ1) is 34.0.